The number of amidine groups is 1. The molecule has 4 nitrogen and oxygen atoms in total. The minimum absolute atomic E-state index is 0.327. The Morgan fingerprint density at radius 2 is 2.06 bits per heavy atom. The molecule has 35 heavy (non-hydrogen) atoms. The average Bonchev–Trinajstić information content (AvgIpc) is 3.69. The summed E-state index contributed by atoms with van der Waals surface area (Å²) in [6.07, 6.45) is 12.2. The van der Waals surface area contributed by atoms with E-state index in [2.05, 4.69) is 21.4 Å². The summed E-state index contributed by atoms with van der Waals surface area (Å²) in [6, 6.07) is 5.54. The monoisotopic (exact) mass is 492 g/mol. The number of hydrogen-bond acceptors (Lipinski definition) is 4. The largest absolute Gasteiger partial charge is 0.383 e. The Bertz CT molecular complexity index is 1350. The van der Waals surface area contributed by atoms with E-state index >= 15 is 4.39 Å². The zero-order chi connectivity index (χ0) is 24.1. The fourth-order valence-electron chi connectivity index (χ4n) is 5.56. The molecule has 3 atom stereocenters. The molecular formula is C28H27ClF2N4. The van der Waals surface area contributed by atoms with Gasteiger partial charge in [-0.25, -0.2) is 13.8 Å². The van der Waals surface area contributed by atoms with Crippen LogP contribution in [-0.2, 0) is 6.42 Å². The van der Waals surface area contributed by atoms with Gasteiger partial charge >= 0.3 is 0 Å². The van der Waals surface area contributed by atoms with Gasteiger partial charge in [0, 0.05) is 46.4 Å². The van der Waals surface area contributed by atoms with Gasteiger partial charge in [-0.3, -0.25) is 4.98 Å². The van der Waals surface area contributed by atoms with E-state index in [0.29, 0.717) is 53.0 Å². The third-order valence-electron chi connectivity index (χ3n) is 7.51. The van der Waals surface area contributed by atoms with Crippen molar-refractivity contribution in [2.75, 3.05) is 6.67 Å². The molecule has 0 spiro atoms. The maximum absolute atomic E-state index is 15.9. The van der Waals surface area contributed by atoms with E-state index < -0.39 is 11.5 Å². The average molecular weight is 493 g/mol. The number of hydrogen-bond donors (Lipinski definition) is 2. The second kappa shape index (κ2) is 8.90. The zero-order valence-corrected chi connectivity index (χ0v) is 20.0. The molecule has 1 aromatic carbocycles. The van der Waals surface area contributed by atoms with E-state index in [1.54, 1.807) is 24.4 Å². The van der Waals surface area contributed by atoms with Gasteiger partial charge in [0.05, 0.1) is 5.38 Å². The Morgan fingerprint density at radius 3 is 2.89 bits per heavy atom. The maximum Gasteiger partial charge on any atom is 0.142 e. The third kappa shape index (κ3) is 4.08. The van der Waals surface area contributed by atoms with Crippen LogP contribution in [0.2, 0.25) is 0 Å². The van der Waals surface area contributed by atoms with Crippen molar-refractivity contribution in [1.29, 1.82) is 0 Å². The number of pyridine rings is 1. The van der Waals surface area contributed by atoms with Crippen LogP contribution in [0.5, 0.6) is 0 Å². The van der Waals surface area contributed by atoms with E-state index in [1.165, 1.54) is 12.8 Å². The number of allylic oxidation sites excluding steroid dienone is 6. The number of aliphatic imine (C=N–C) groups is 1. The second-order valence-corrected chi connectivity index (χ2v) is 10.3. The molecular weight excluding hydrogens is 466 g/mol. The lowest BCUT2D eigenvalue weighted by molar-refractivity contribution is 0.381. The number of benzene rings is 1. The highest BCUT2D eigenvalue weighted by atomic mass is 35.5. The quantitative estimate of drug-likeness (QED) is 0.535. The Hall–Kier alpha value is -2.99. The van der Waals surface area contributed by atoms with Crippen LogP contribution in [0.1, 0.15) is 36.9 Å². The minimum Gasteiger partial charge on any atom is -0.383 e. The van der Waals surface area contributed by atoms with E-state index in [0.717, 1.165) is 35.1 Å². The van der Waals surface area contributed by atoms with Gasteiger partial charge in [0.2, 0.25) is 0 Å². The van der Waals surface area contributed by atoms with Gasteiger partial charge in [0.1, 0.15) is 24.5 Å². The van der Waals surface area contributed by atoms with Gasteiger partial charge in [-0.15, -0.1) is 11.6 Å². The standard InChI is InChI=1S/C28H27ClF2N4/c29-23-6-1-3-17(25(23)30)12-18-11-16-9-10-21(26(31)22(16)13-33-18)20-5-2-4-19(15-7-8-15)27-24(20)28(32)35-14-34-27/h1,3,5-6,9-11,13,15,19,23,25,34H,2,4,7-8,12,14H2,(H2,32,35). The lowest BCUT2D eigenvalue weighted by Gasteiger charge is -2.27. The predicted molar refractivity (Wildman–Crippen MR) is 137 cm³/mol. The topological polar surface area (TPSA) is 63.3 Å². The number of nitrogens with two attached hydrogens (primary N) is 1. The molecule has 1 saturated carbocycles. The Balaban J connectivity index is 1.37. The van der Waals surface area contributed by atoms with Crippen LogP contribution >= 0.6 is 11.6 Å². The van der Waals surface area contributed by atoms with E-state index in [4.69, 9.17) is 17.3 Å². The molecule has 0 bridgehead atoms. The van der Waals surface area contributed by atoms with Crippen molar-refractivity contribution >= 4 is 33.8 Å². The number of alkyl halides is 2. The second-order valence-electron chi connectivity index (χ2n) is 9.78. The molecule has 0 saturated heterocycles. The molecule has 180 valence electrons. The molecule has 1 aliphatic heterocycles. The highest BCUT2D eigenvalue weighted by Gasteiger charge is 2.38. The Labute approximate surface area is 208 Å². The van der Waals surface area contributed by atoms with Crippen molar-refractivity contribution < 1.29 is 8.78 Å². The molecule has 7 heteroatoms. The lowest BCUT2D eigenvalue weighted by Crippen LogP contribution is -2.33. The molecule has 1 aromatic heterocycles. The summed E-state index contributed by atoms with van der Waals surface area (Å²) < 4.78 is 30.4. The molecule has 0 radical (unpaired) electrons. The van der Waals surface area contributed by atoms with Crippen LogP contribution in [0.4, 0.5) is 8.78 Å². The predicted octanol–water partition coefficient (Wildman–Crippen LogP) is 5.73. The molecule has 3 N–H and O–H groups in total. The first kappa shape index (κ1) is 22.5. The third-order valence-corrected chi connectivity index (χ3v) is 7.88. The van der Waals surface area contributed by atoms with Crippen LogP contribution in [-0.4, -0.2) is 29.0 Å². The number of nitrogens with zero attached hydrogens (tertiary/aromatic N) is 2. The molecule has 3 unspecified atom stereocenters. The minimum atomic E-state index is -1.25. The fraction of sp³-hybridized carbons (Fsp3) is 0.357. The normalized spacial score (nSPS) is 26.5. The molecule has 6 rings (SSSR count). The highest BCUT2D eigenvalue weighted by Crippen LogP contribution is 2.47. The first-order valence-corrected chi connectivity index (χ1v) is 12.7. The summed E-state index contributed by atoms with van der Waals surface area (Å²) in [4.78, 5) is 8.88. The van der Waals surface area contributed by atoms with Gasteiger partial charge in [-0.1, -0.05) is 36.4 Å². The number of rotatable bonds is 4. The summed E-state index contributed by atoms with van der Waals surface area (Å²) in [5.74, 6) is 1.23. The van der Waals surface area contributed by atoms with Gasteiger partial charge in [0.25, 0.3) is 0 Å². The molecule has 2 aromatic rings. The summed E-state index contributed by atoms with van der Waals surface area (Å²) in [7, 11) is 0. The molecule has 2 heterocycles. The van der Waals surface area contributed by atoms with Crippen molar-refractivity contribution in [3.63, 3.8) is 0 Å². The van der Waals surface area contributed by atoms with Gasteiger partial charge in [-0.05, 0) is 54.2 Å². The van der Waals surface area contributed by atoms with Crippen LogP contribution in [0.3, 0.4) is 0 Å². The van der Waals surface area contributed by atoms with Crippen molar-refractivity contribution in [2.45, 2.75) is 43.7 Å². The van der Waals surface area contributed by atoms with Gasteiger partial charge in [0.15, 0.2) is 0 Å². The lowest BCUT2D eigenvalue weighted by atomic mass is 9.88. The molecule has 1 fully saturated rings. The zero-order valence-electron chi connectivity index (χ0n) is 19.3. The molecule has 4 aliphatic rings. The van der Waals surface area contributed by atoms with Crippen molar-refractivity contribution in [3.05, 3.63) is 82.6 Å². The number of nitrogens with one attached hydrogen (secondary N) is 1. The fourth-order valence-corrected chi connectivity index (χ4v) is 5.81. The van der Waals surface area contributed by atoms with Crippen molar-refractivity contribution in [3.8, 4) is 0 Å². The summed E-state index contributed by atoms with van der Waals surface area (Å²) >= 11 is 6.03. The SMILES string of the molecule is NC1=NCNC2=C1C(c1ccc3cc(CC4=CC=CC(Cl)C4F)ncc3c1F)=CCCC2C1CC1. The molecule has 0 amide bonds. The number of aromatic nitrogens is 1. The highest BCUT2D eigenvalue weighted by molar-refractivity contribution is 6.22. The molecule has 3 aliphatic carbocycles. The van der Waals surface area contributed by atoms with E-state index in [9.17, 15) is 4.39 Å². The van der Waals surface area contributed by atoms with Crippen molar-refractivity contribution in [2.24, 2.45) is 22.6 Å². The van der Waals surface area contributed by atoms with Crippen molar-refractivity contribution in [1.82, 2.24) is 10.3 Å². The maximum atomic E-state index is 15.9. The van der Waals surface area contributed by atoms with Crippen LogP contribution in [0.25, 0.3) is 16.3 Å². The first-order valence-electron chi connectivity index (χ1n) is 12.2. The van der Waals surface area contributed by atoms with Crippen LogP contribution in [0.15, 0.2) is 70.5 Å². The van der Waals surface area contributed by atoms with E-state index in [1.807, 2.05) is 18.2 Å². The van der Waals surface area contributed by atoms with Gasteiger partial charge < -0.3 is 11.1 Å². The smallest absolute Gasteiger partial charge is 0.142 e. The number of fused-ring (bicyclic) bond motifs is 1. The first-order chi connectivity index (χ1) is 17.0. The summed E-state index contributed by atoms with van der Waals surface area (Å²) in [5.41, 5.74) is 10.9. The van der Waals surface area contributed by atoms with Crippen LogP contribution < -0.4 is 11.1 Å². The Kier molecular flexibility index (Phi) is 5.72. The number of halogens is 3. The van der Waals surface area contributed by atoms with E-state index in [-0.39, 0.29) is 5.82 Å². The summed E-state index contributed by atoms with van der Waals surface area (Å²) in [6.45, 7) is 0.463. The summed E-state index contributed by atoms with van der Waals surface area (Å²) in [5, 5.41) is 3.94. The van der Waals surface area contributed by atoms with Crippen LogP contribution in [0, 0.1) is 17.7 Å². The van der Waals surface area contributed by atoms with Gasteiger partial charge in [-0.2, -0.15) is 0 Å². The Morgan fingerprint density at radius 1 is 1.20 bits per heavy atom.